The Kier molecular flexibility index (Phi) is 4.61. The number of pyridine rings is 2. The fourth-order valence-electron chi connectivity index (χ4n) is 2.97. The first-order chi connectivity index (χ1) is 12.4. The molecule has 0 aromatic carbocycles. The number of rotatable bonds is 5. The van der Waals surface area contributed by atoms with E-state index in [-0.39, 0.29) is 0 Å². The fourth-order valence-corrected chi connectivity index (χ4v) is 2.97. The van der Waals surface area contributed by atoms with Gasteiger partial charge in [-0.15, -0.1) is 0 Å². The third kappa shape index (κ3) is 3.80. The van der Waals surface area contributed by atoms with Gasteiger partial charge in [0.05, 0.1) is 5.69 Å². The van der Waals surface area contributed by atoms with Crippen molar-refractivity contribution in [2.24, 2.45) is 0 Å². The van der Waals surface area contributed by atoms with Gasteiger partial charge in [0.2, 0.25) is 0 Å². The van der Waals surface area contributed by atoms with Crippen LogP contribution in [0.2, 0.25) is 0 Å². The van der Waals surface area contributed by atoms with E-state index in [4.69, 9.17) is 0 Å². The van der Waals surface area contributed by atoms with E-state index < -0.39 is 0 Å². The molecule has 1 saturated heterocycles. The lowest BCUT2D eigenvalue weighted by Crippen LogP contribution is -2.29. The molecule has 25 heavy (non-hydrogen) atoms. The first-order valence-electron chi connectivity index (χ1n) is 8.56. The van der Waals surface area contributed by atoms with E-state index in [1.165, 1.54) is 12.8 Å². The molecular formula is C19H20N6. The molecule has 0 aliphatic carbocycles. The van der Waals surface area contributed by atoms with Gasteiger partial charge in [-0.3, -0.25) is 9.97 Å². The summed E-state index contributed by atoms with van der Waals surface area (Å²) < 4.78 is 0. The summed E-state index contributed by atoms with van der Waals surface area (Å²) in [4.78, 5) is 17.9. The largest absolute Gasteiger partial charge is 0.368 e. The zero-order valence-electron chi connectivity index (χ0n) is 13.9. The Hall–Kier alpha value is -2.86. The molecule has 1 aliphatic heterocycles. The van der Waals surface area contributed by atoms with Gasteiger partial charge in [-0.25, -0.2) is 9.97 Å². The smallest absolute Gasteiger partial charge is 0.180 e. The van der Waals surface area contributed by atoms with Crippen molar-refractivity contribution in [3.8, 4) is 22.8 Å². The summed E-state index contributed by atoms with van der Waals surface area (Å²) >= 11 is 0. The quantitative estimate of drug-likeness (QED) is 0.748. The molecule has 6 nitrogen and oxygen atoms in total. The van der Waals surface area contributed by atoms with Gasteiger partial charge in [0.15, 0.2) is 5.82 Å². The van der Waals surface area contributed by atoms with Gasteiger partial charge in [0.25, 0.3) is 0 Å². The lowest BCUT2D eigenvalue weighted by molar-refractivity contribution is 0.632. The van der Waals surface area contributed by atoms with Crippen LogP contribution in [-0.4, -0.2) is 39.1 Å². The Morgan fingerprint density at radius 1 is 1.08 bits per heavy atom. The average molecular weight is 332 g/mol. The number of anilines is 1. The van der Waals surface area contributed by atoms with Crippen LogP contribution in [0.3, 0.4) is 0 Å². The molecule has 0 amide bonds. The van der Waals surface area contributed by atoms with Crippen LogP contribution in [0.1, 0.15) is 12.8 Å². The standard InChI is InChI=1S/C19H20N6/c1-2-9-22-16(7-1)19-24-17(14-5-3-8-20-12-14)11-18(25-19)23-13-15-6-4-10-21-15/h1-3,5,7-9,11-12,15,21H,4,6,10,13H2,(H,23,24,25). The van der Waals surface area contributed by atoms with Gasteiger partial charge in [-0.05, 0) is 43.7 Å². The highest BCUT2D eigenvalue weighted by Crippen LogP contribution is 2.23. The number of nitrogens with zero attached hydrogens (tertiary/aromatic N) is 4. The van der Waals surface area contributed by atoms with Crippen LogP contribution in [0, 0.1) is 0 Å². The Bertz CT molecular complexity index is 758. The summed E-state index contributed by atoms with van der Waals surface area (Å²) in [6.07, 6.45) is 7.75. The Balaban J connectivity index is 1.67. The van der Waals surface area contributed by atoms with E-state index in [1.54, 1.807) is 12.4 Å². The minimum atomic E-state index is 0.495. The van der Waals surface area contributed by atoms with Crippen molar-refractivity contribution in [2.45, 2.75) is 18.9 Å². The van der Waals surface area contributed by atoms with Crippen LogP contribution in [0.25, 0.3) is 22.8 Å². The highest BCUT2D eigenvalue weighted by Gasteiger charge is 2.15. The number of nitrogens with one attached hydrogen (secondary N) is 2. The maximum absolute atomic E-state index is 4.68. The van der Waals surface area contributed by atoms with E-state index in [0.29, 0.717) is 11.9 Å². The highest BCUT2D eigenvalue weighted by atomic mass is 15.1. The molecule has 126 valence electrons. The summed E-state index contributed by atoms with van der Waals surface area (Å²) in [5.41, 5.74) is 2.56. The fraction of sp³-hybridized carbons (Fsp3) is 0.263. The van der Waals surface area contributed by atoms with Crippen molar-refractivity contribution in [3.63, 3.8) is 0 Å². The zero-order valence-corrected chi connectivity index (χ0v) is 13.9. The van der Waals surface area contributed by atoms with E-state index in [0.717, 1.165) is 35.9 Å². The molecule has 0 radical (unpaired) electrons. The molecule has 1 unspecified atom stereocenters. The van der Waals surface area contributed by atoms with Gasteiger partial charge < -0.3 is 10.6 Å². The van der Waals surface area contributed by atoms with Crippen molar-refractivity contribution < 1.29 is 0 Å². The van der Waals surface area contributed by atoms with E-state index in [1.807, 2.05) is 42.6 Å². The van der Waals surface area contributed by atoms with Gasteiger partial charge >= 0.3 is 0 Å². The second kappa shape index (κ2) is 7.36. The van der Waals surface area contributed by atoms with E-state index in [9.17, 15) is 0 Å². The summed E-state index contributed by atoms with van der Waals surface area (Å²) in [6.45, 7) is 1.95. The van der Waals surface area contributed by atoms with Crippen LogP contribution in [0.5, 0.6) is 0 Å². The third-order valence-electron chi connectivity index (χ3n) is 4.27. The lowest BCUT2D eigenvalue weighted by Gasteiger charge is -2.13. The van der Waals surface area contributed by atoms with Crippen LogP contribution in [-0.2, 0) is 0 Å². The van der Waals surface area contributed by atoms with Crippen molar-refractivity contribution in [2.75, 3.05) is 18.4 Å². The second-order valence-electron chi connectivity index (χ2n) is 6.09. The average Bonchev–Trinajstić information content (AvgIpc) is 3.21. The molecule has 6 heteroatoms. The van der Waals surface area contributed by atoms with Crippen LogP contribution in [0.15, 0.2) is 55.0 Å². The van der Waals surface area contributed by atoms with E-state index in [2.05, 4.69) is 30.6 Å². The molecular weight excluding hydrogens is 312 g/mol. The topological polar surface area (TPSA) is 75.6 Å². The normalized spacial score (nSPS) is 16.7. The molecule has 1 atom stereocenters. The first-order valence-corrected chi connectivity index (χ1v) is 8.56. The lowest BCUT2D eigenvalue weighted by atomic mass is 10.2. The molecule has 3 aromatic rings. The van der Waals surface area contributed by atoms with Crippen molar-refractivity contribution in [3.05, 3.63) is 55.0 Å². The van der Waals surface area contributed by atoms with Gasteiger partial charge in [-0.1, -0.05) is 6.07 Å². The van der Waals surface area contributed by atoms with E-state index >= 15 is 0 Å². The molecule has 4 rings (SSSR count). The maximum atomic E-state index is 4.68. The summed E-state index contributed by atoms with van der Waals surface area (Å²) in [7, 11) is 0. The molecule has 1 fully saturated rings. The predicted octanol–water partition coefficient (Wildman–Crippen LogP) is 2.76. The Labute approximate surface area is 146 Å². The molecule has 3 aromatic heterocycles. The number of aromatic nitrogens is 4. The summed E-state index contributed by atoms with van der Waals surface area (Å²) in [5, 5.41) is 6.94. The maximum Gasteiger partial charge on any atom is 0.180 e. The van der Waals surface area contributed by atoms with Crippen LogP contribution >= 0.6 is 0 Å². The number of hydrogen-bond acceptors (Lipinski definition) is 6. The molecule has 1 aliphatic rings. The summed E-state index contributed by atoms with van der Waals surface area (Å²) in [5.74, 6) is 1.42. The second-order valence-corrected chi connectivity index (χ2v) is 6.09. The number of hydrogen-bond donors (Lipinski definition) is 2. The van der Waals surface area contributed by atoms with Gasteiger partial charge in [0.1, 0.15) is 11.5 Å². The molecule has 0 spiro atoms. The first kappa shape index (κ1) is 15.7. The third-order valence-corrected chi connectivity index (χ3v) is 4.27. The molecule has 0 saturated carbocycles. The monoisotopic (exact) mass is 332 g/mol. The highest BCUT2D eigenvalue weighted by molar-refractivity contribution is 5.65. The molecule has 0 bridgehead atoms. The van der Waals surface area contributed by atoms with Crippen molar-refractivity contribution in [1.29, 1.82) is 0 Å². The van der Waals surface area contributed by atoms with Crippen LogP contribution in [0.4, 0.5) is 5.82 Å². The minimum Gasteiger partial charge on any atom is -0.368 e. The van der Waals surface area contributed by atoms with Crippen molar-refractivity contribution in [1.82, 2.24) is 25.3 Å². The zero-order chi connectivity index (χ0) is 16.9. The van der Waals surface area contributed by atoms with Crippen LogP contribution < -0.4 is 10.6 Å². The minimum absolute atomic E-state index is 0.495. The molecule has 2 N–H and O–H groups in total. The van der Waals surface area contributed by atoms with Gasteiger partial charge in [0, 0.05) is 42.8 Å². The summed E-state index contributed by atoms with van der Waals surface area (Å²) in [6, 6.07) is 12.1. The predicted molar refractivity (Wildman–Crippen MR) is 98.0 cm³/mol. The SMILES string of the molecule is c1ccc(-c2nc(NCC3CCCN3)cc(-c3cccnc3)n2)nc1. The molecule has 4 heterocycles. The van der Waals surface area contributed by atoms with Crippen molar-refractivity contribution >= 4 is 5.82 Å². The van der Waals surface area contributed by atoms with Gasteiger partial charge in [-0.2, -0.15) is 0 Å². The Morgan fingerprint density at radius 2 is 2.08 bits per heavy atom. The Morgan fingerprint density at radius 3 is 2.84 bits per heavy atom.